The molecular formula is C23H30F3N5O3. The zero-order chi connectivity index (χ0) is 25.1. The molecule has 0 radical (unpaired) electrons. The minimum absolute atomic E-state index is 0.175. The molecule has 1 N–H and O–H groups in total. The van der Waals surface area contributed by atoms with E-state index in [4.69, 9.17) is 9.90 Å². The molecule has 0 aromatic carbocycles. The molecule has 4 rings (SSSR count). The number of aromatic nitrogens is 3. The molecule has 0 aliphatic carbocycles. The van der Waals surface area contributed by atoms with Gasteiger partial charge in [-0.2, -0.15) is 18.3 Å². The summed E-state index contributed by atoms with van der Waals surface area (Å²) in [6, 6.07) is 6.49. The van der Waals surface area contributed by atoms with Gasteiger partial charge in [-0.25, -0.2) is 4.79 Å². The van der Waals surface area contributed by atoms with Crippen LogP contribution in [0.1, 0.15) is 49.9 Å². The highest BCUT2D eigenvalue weighted by atomic mass is 19.4. The van der Waals surface area contributed by atoms with Crippen LogP contribution in [-0.4, -0.2) is 74.4 Å². The fourth-order valence-electron chi connectivity index (χ4n) is 4.98. The third kappa shape index (κ3) is 5.40. The number of pyridine rings is 1. The Kier molecular flexibility index (Phi) is 7.64. The van der Waals surface area contributed by atoms with Crippen LogP contribution >= 0.6 is 0 Å². The quantitative estimate of drug-likeness (QED) is 0.721. The molecule has 0 unspecified atom stereocenters. The fraction of sp³-hybridized carbons (Fsp3) is 0.565. The van der Waals surface area contributed by atoms with E-state index in [1.807, 2.05) is 30.4 Å². The van der Waals surface area contributed by atoms with Crippen LogP contribution in [0.5, 0.6) is 0 Å². The van der Waals surface area contributed by atoms with Crippen molar-refractivity contribution in [2.24, 2.45) is 5.41 Å². The lowest BCUT2D eigenvalue weighted by Crippen LogP contribution is -2.50. The number of aliphatic carboxylic acids is 1. The number of carbonyl (C=O) groups is 2. The summed E-state index contributed by atoms with van der Waals surface area (Å²) in [5.41, 5.74) is 2.05. The molecule has 2 atom stereocenters. The summed E-state index contributed by atoms with van der Waals surface area (Å²) in [4.78, 5) is 30.9. The van der Waals surface area contributed by atoms with Crippen molar-refractivity contribution >= 4 is 11.9 Å². The van der Waals surface area contributed by atoms with Crippen molar-refractivity contribution < 1.29 is 27.9 Å². The first-order chi connectivity index (χ1) is 16.0. The first kappa shape index (κ1) is 25.7. The number of likely N-dealkylation sites (tertiary alicyclic amines) is 2. The molecule has 2 fully saturated rings. The average Bonchev–Trinajstić information content (AvgIpc) is 3.38. The Labute approximate surface area is 196 Å². The van der Waals surface area contributed by atoms with Gasteiger partial charge in [0.2, 0.25) is 5.91 Å². The van der Waals surface area contributed by atoms with Crippen molar-refractivity contribution in [2.45, 2.75) is 51.4 Å². The second-order valence-electron chi connectivity index (χ2n) is 9.17. The van der Waals surface area contributed by atoms with E-state index in [-0.39, 0.29) is 17.4 Å². The smallest absolute Gasteiger partial charge is 0.475 e. The Bertz CT molecular complexity index is 995. The van der Waals surface area contributed by atoms with Crippen molar-refractivity contribution in [1.29, 1.82) is 0 Å². The van der Waals surface area contributed by atoms with Gasteiger partial charge in [-0.1, -0.05) is 6.07 Å². The summed E-state index contributed by atoms with van der Waals surface area (Å²) in [5.74, 6) is -2.29. The van der Waals surface area contributed by atoms with Crippen molar-refractivity contribution in [3.05, 3.63) is 48.0 Å². The Morgan fingerprint density at radius 3 is 2.59 bits per heavy atom. The van der Waals surface area contributed by atoms with Gasteiger partial charge in [0, 0.05) is 69.5 Å². The first-order valence-electron chi connectivity index (χ1n) is 11.2. The fourth-order valence-corrected chi connectivity index (χ4v) is 4.98. The Morgan fingerprint density at radius 2 is 2.00 bits per heavy atom. The van der Waals surface area contributed by atoms with E-state index >= 15 is 0 Å². The maximum atomic E-state index is 13.4. The number of piperidine rings is 1. The Morgan fingerprint density at radius 1 is 1.29 bits per heavy atom. The molecule has 2 aromatic rings. The van der Waals surface area contributed by atoms with Gasteiger partial charge in [0.1, 0.15) is 0 Å². The van der Waals surface area contributed by atoms with Gasteiger partial charge >= 0.3 is 12.1 Å². The molecule has 0 saturated carbocycles. The molecule has 4 heterocycles. The van der Waals surface area contributed by atoms with E-state index in [1.165, 1.54) is 11.3 Å². The van der Waals surface area contributed by atoms with Crippen LogP contribution in [0.15, 0.2) is 36.8 Å². The van der Waals surface area contributed by atoms with Crippen molar-refractivity contribution in [3.8, 4) is 0 Å². The van der Waals surface area contributed by atoms with Crippen LogP contribution in [0.4, 0.5) is 13.2 Å². The predicted octanol–water partition coefficient (Wildman–Crippen LogP) is 3.33. The third-order valence-electron chi connectivity index (χ3n) is 6.42. The molecule has 8 nitrogen and oxygen atoms in total. The van der Waals surface area contributed by atoms with E-state index in [2.05, 4.69) is 45.6 Å². The summed E-state index contributed by atoms with van der Waals surface area (Å²) in [7, 11) is 1.95. The molecule has 1 spiro atoms. The average molecular weight is 482 g/mol. The Hall–Kier alpha value is -2.95. The normalized spacial score (nSPS) is 23.3. The van der Waals surface area contributed by atoms with Crippen LogP contribution in [0.3, 0.4) is 0 Å². The van der Waals surface area contributed by atoms with Gasteiger partial charge in [-0.15, -0.1) is 0 Å². The van der Waals surface area contributed by atoms with Crippen LogP contribution in [-0.2, 0) is 16.1 Å². The summed E-state index contributed by atoms with van der Waals surface area (Å²) in [6.07, 6.45) is 2.54. The van der Waals surface area contributed by atoms with Gasteiger partial charge in [0.25, 0.3) is 0 Å². The van der Waals surface area contributed by atoms with Gasteiger partial charge in [0.05, 0.1) is 5.41 Å². The summed E-state index contributed by atoms with van der Waals surface area (Å²) >= 11 is 0. The number of amides is 1. The first-order valence-corrected chi connectivity index (χ1v) is 11.2. The van der Waals surface area contributed by atoms with E-state index in [1.54, 1.807) is 6.20 Å². The molecule has 2 aromatic heterocycles. The van der Waals surface area contributed by atoms with Crippen LogP contribution < -0.4 is 0 Å². The van der Waals surface area contributed by atoms with Gasteiger partial charge in [0.15, 0.2) is 0 Å². The second kappa shape index (κ2) is 10.1. The second-order valence-corrected chi connectivity index (χ2v) is 9.17. The molecule has 0 bridgehead atoms. The number of hydrogen-bond acceptors (Lipinski definition) is 5. The number of carbonyl (C=O) groups excluding carboxylic acids is 1. The van der Waals surface area contributed by atoms with Crippen molar-refractivity contribution in [3.63, 3.8) is 0 Å². The SMILES string of the molecule is CC(C)n1nccc1[C@@H]1CN(Cc2cccnc2)C[C@]12CCCN(C)C2=O.O=C(O)C(F)(F)F. The lowest BCUT2D eigenvalue weighted by Gasteiger charge is -2.41. The largest absolute Gasteiger partial charge is 0.490 e. The van der Waals surface area contributed by atoms with Crippen LogP contribution in [0.25, 0.3) is 0 Å². The number of alkyl halides is 3. The zero-order valence-corrected chi connectivity index (χ0v) is 19.5. The number of carboxylic acids is 1. The molecule has 2 aliphatic rings. The highest BCUT2D eigenvalue weighted by Gasteiger charge is 2.55. The number of hydrogen-bond donors (Lipinski definition) is 1. The highest BCUT2D eigenvalue weighted by molar-refractivity contribution is 5.85. The van der Waals surface area contributed by atoms with Crippen LogP contribution in [0, 0.1) is 5.41 Å². The molecule has 34 heavy (non-hydrogen) atoms. The summed E-state index contributed by atoms with van der Waals surface area (Å²) in [6.45, 7) is 7.69. The maximum Gasteiger partial charge on any atom is 0.490 e. The van der Waals surface area contributed by atoms with Gasteiger partial charge < -0.3 is 10.0 Å². The third-order valence-corrected chi connectivity index (χ3v) is 6.42. The molecule has 11 heteroatoms. The highest BCUT2D eigenvalue weighted by Crippen LogP contribution is 2.49. The molecule has 186 valence electrons. The zero-order valence-electron chi connectivity index (χ0n) is 19.5. The summed E-state index contributed by atoms with van der Waals surface area (Å²) in [5, 5.41) is 11.7. The number of carboxylic acid groups (broad SMARTS) is 1. The molecule has 2 aliphatic heterocycles. The lowest BCUT2D eigenvalue weighted by atomic mass is 9.70. The number of halogens is 3. The molecule has 1 amide bonds. The monoisotopic (exact) mass is 481 g/mol. The number of rotatable bonds is 4. The summed E-state index contributed by atoms with van der Waals surface area (Å²) < 4.78 is 33.8. The molecule has 2 saturated heterocycles. The van der Waals surface area contributed by atoms with Gasteiger partial charge in [-0.3, -0.25) is 19.4 Å². The van der Waals surface area contributed by atoms with E-state index in [0.717, 1.165) is 39.0 Å². The standard InChI is InChI=1S/C21H29N5O.C2HF3O2/c1-16(2)26-19(7-10-23-26)18-14-25(13-17-6-4-9-22-12-17)15-21(18)8-5-11-24(3)20(21)27;3-2(4,5)1(6)7/h4,6-7,9-10,12,16,18H,5,8,11,13-15H2,1-3H3;(H,6,7)/t18-,21+;/m0./s1. The topological polar surface area (TPSA) is 91.6 Å². The minimum atomic E-state index is -5.08. The van der Waals surface area contributed by atoms with E-state index < -0.39 is 12.1 Å². The van der Waals surface area contributed by atoms with Crippen molar-refractivity contribution in [1.82, 2.24) is 24.6 Å². The maximum absolute atomic E-state index is 13.4. The Balaban J connectivity index is 0.000000406. The number of nitrogens with zero attached hydrogens (tertiary/aromatic N) is 5. The van der Waals surface area contributed by atoms with E-state index in [0.29, 0.717) is 5.91 Å². The van der Waals surface area contributed by atoms with Gasteiger partial charge in [-0.05, 0) is 44.4 Å². The minimum Gasteiger partial charge on any atom is -0.475 e. The predicted molar refractivity (Wildman–Crippen MR) is 118 cm³/mol. The molecular weight excluding hydrogens is 451 g/mol. The van der Waals surface area contributed by atoms with Crippen LogP contribution in [0.2, 0.25) is 0 Å². The van der Waals surface area contributed by atoms with E-state index in [9.17, 15) is 18.0 Å². The van der Waals surface area contributed by atoms with Crippen molar-refractivity contribution in [2.75, 3.05) is 26.7 Å². The lowest BCUT2D eigenvalue weighted by molar-refractivity contribution is -0.192.